The van der Waals surface area contributed by atoms with Crippen LogP contribution >= 0.6 is 36.2 Å². The highest BCUT2D eigenvalue weighted by Crippen LogP contribution is 2.13. The molecule has 2 saturated heterocycles. The molecule has 2 aliphatic rings. The second-order valence-electron chi connectivity index (χ2n) is 5.94. The van der Waals surface area contributed by atoms with Gasteiger partial charge in [-0.1, -0.05) is 0 Å². The summed E-state index contributed by atoms with van der Waals surface area (Å²) in [4.78, 5) is 21.2. The van der Waals surface area contributed by atoms with Gasteiger partial charge in [-0.2, -0.15) is 0 Å². The van der Waals surface area contributed by atoms with E-state index in [1.54, 1.807) is 11.3 Å². The van der Waals surface area contributed by atoms with Crippen molar-refractivity contribution in [2.24, 2.45) is 0 Å². The predicted octanol–water partition coefficient (Wildman–Crippen LogP) is 1.32. The van der Waals surface area contributed by atoms with Crippen molar-refractivity contribution in [3.05, 3.63) is 16.1 Å². The van der Waals surface area contributed by atoms with Crippen molar-refractivity contribution in [3.8, 4) is 0 Å². The molecule has 1 atom stereocenters. The van der Waals surface area contributed by atoms with E-state index in [1.165, 1.54) is 0 Å². The number of morpholine rings is 1. The van der Waals surface area contributed by atoms with Gasteiger partial charge in [-0.3, -0.25) is 9.69 Å². The van der Waals surface area contributed by atoms with Crippen molar-refractivity contribution in [1.29, 1.82) is 0 Å². The SMILES string of the molecule is Cc1nc(CN2CCN(C(=O)CC3COCCN3)CC2)cs1.Cl.Cl. The van der Waals surface area contributed by atoms with Crippen molar-refractivity contribution in [3.63, 3.8) is 0 Å². The molecular weight excluding hydrogens is 371 g/mol. The fraction of sp³-hybridized carbons (Fsp3) is 0.733. The average molecular weight is 397 g/mol. The first-order chi connectivity index (χ1) is 10.7. The highest BCUT2D eigenvalue weighted by Gasteiger charge is 2.24. The number of aryl methyl sites for hydroxylation is 1. The second-order valence-corrected chi connectivity index (χ2v) is 7.01. The number of halogens is 2. The van der Waals surface area contributed by atoms with Gasteiger partial charge in [0, 0.05) is 57.1 Å². The topological polar surface area (TPSA) is 57.7 Å². The van der Waals surface area contributed by atoms with Gasteiger partial charge in [0.05, 0.1) is 23.9 Å². The number of carbonyl (C=O) groups is 1. The molecule has 9 heteroatoms. The minimum atomic E-state index is 0. The smallest absolute Gasteiger partial charge is 0.224 e. The zero-order valence-corrected chi connectivity index (χ0v) is 16.4. The van der Waals surface area contributed by atoms with Crippen LogP contribution < -0.4 is 5.32 Å². The molecule has 2 fully saturated rings. The molecule has 0 aromatic carbocycles. The molecule has 0 radical (unpaired) electrons. The number of piperazine rings is 1. The van der Waals surface area contributed by atoms with Crippen molar-refractivity contribution in [1.82, 2.24) is 20.1 Å². The molecule has 3 rings (SSSR count). The lowest BCUT2D eigenvalue weighted by Gasteiger charge is -2.35. The van der Waals surface area contributed by atoms with Crippen LogP contribution in [0.2, 0.25) is 0 Å². The van der Waals surface area contributed by atoms with Gasteiger partial charge in [0.2, 0.25) is 5.91 Å². The van der Waals surface area contributed by atoms with Crippen molar-refractivity contribution in [2.75, 3.05) is 45.9 Å². The monoisotopic (exact) mass is 396 g/mol. The minimum Gasteiger partial charge on any atom is -0.378 e. The van der Waals surface area contributed by atoms with Crippen LogP contribution in [0.5, 0.6) is 0 Å². The fourth-order valence-corrected chi connectivity index (χ4v) is 3.56. The first-order valence-electron chi connectivity index (χ1n) is 7.93. The van der Waals surface area contributed by atoms with Crippen LogP contribution in [-0.4, -0.2) is 72.7 Å². The molecule has 1 unspecified atom stereocenters. The van der Waals surface area contributed by atoms with Crippen LogP contribution in [0, 0.1) is 6.92 Å². The summed E-state index contributed by atoms with van der Waals surface area (Å²) in [5.74, 6) is 0.243. The molecule has 6 nitrogen and oxygen atoms in total. The third-order valence-corrected chi connectivity index (χ3v) is 5.02. The molecule has 1 aromatic rings. The Morgan fingerprint density at radius 1 is 1.38 bits per heavy atom. The van der Waals surface area contributed by atoms with E-state index in [2.05, 4.69) is 20.6 Å². The number of carbonyl (C=O) groups excluding carboxylic acids is 1. The zero-order chi connectivity index (χ0) is 15.4. The third kappa shape index (κ3) is 6.13. The maximum absolute atomic E-state index is 12.3. The Balaban J connectivity index is 0.00000144. The summed E-state index contributed by atoms with van der Waals surface area (Å²) in [7, 11) is 0. The maximum atomic E-state index is 12.3. The normalized spacial score (nSPS) is 21.7. The molecule has 138 valence electrons. The van der Waals surface area contributed by atoms with Crippen LogP contribution in [0.4, 0.5) is 0 Å². The number of aromatic nitrogens is 1. The van der Waals surface area contributed by atoms with Crippen LogP contribution in [0.1, 0.15) is 17.1 Å². The maximum Gasteiger partial charge on any atom is 0.224 e. The molecule has 2 aliphatic heterocycles. The summed E-state index contributed by atoms with van der Waals surface area (Å²) in [6, 6.07) is 0.178. The van der Waals surface area contributed by atoms with Crippen LogP contribution in [0.15, 0.2) is 5.38 Å². The fourth-order valence-electron chi connectivity index (χ4n) is 2.96. The number of nitrogens with zero attached hydrogens (tertiary/aromatic N) is 3. The van der Waals surface area contributed by atoms with Crippen LogP contribution in [-0.2, 0) is 16.1 Å². The van der Waals surface area contributed by atoms with Gasteiger partial charge in [0.15, 0.2) is 0 Å². The summed E-state index contributed by atoms with van der Waals surface area (Å²) < 4.78 is 5.41. The van der Waals surface area contributed by atoms with Crippen LogP contribution in [0.25, 0.3) is 0 Å². The van der Waals surface area contributed by atoms with Gasteiger partial charge in [-0.05, 0) is 6.92 Å². The molecule has 3 heterocycles. The van der Waals surface area contributed by atoms with Gasteiger partial charge >= 0.3 is 0 Å². The van der Waals surface area contributed by atoms with E-state index in [0.29, 0.717) is 13.0 Å². The van der Waals surface area contributed by atoms with E-state index in [-0.39, 0.29) is 36.8 Å². The lowest BCUT2D eigenvalue weighted by molar-refractivity contribution is -0.134. The van der Waals surface area contributed by atoms with Gasteiger partial charge < -0.3 is 15.0 Å². The lowest BCUT2D eigenvalue weighted by atomic mass is 10.1. The number of nitrogens with one attached hydrogen (secondary N) is 1. The van der Waals surface area contributed by atoms with E-state index in [1.807, 2.05) is 11.8 Å². The Hall–Kier alpha value is -0.440. The number of rotatable bonds is 4. The number of thiazole rings is 1. The van der Waals surface area contributed by atoms with Crippen LogP contribution in [0.3, 0.4) is 0 Å². The summed E-state index contributed by atoms with van der Waals surface area (Å²) in [5.41, 5.74) is 1.14. The quantitative estimate of drug-likeness (QED) is 0.831. The summed E-state index contributed by atoms with van der Waals surface area (Å²) in [6.07, 6.45) is 0.547. The number of ether oxygens (including phenoxy) is 1. The highest BCUT2D eigenvalue weighted by atomic mass is 35.5. The molecule has 0 bridgehead atoms. The highest BCUT2D eigenvalue weighted by molar-refractivity contribution is 7.09. The largest absolute Gasteiger partial charge is 0.378 e. The average Bonchev–Trinajstić information content (AvgIpc) is 2.94. The molecular formula is C15H26Cl2N4O2S. The van der Waals surface area contributed by atoms with E-state index in [4.69, 9.17) is 4.74 Å². The Morgan fingerprint density at radius 2 is 2.12 bits per heavy atom. The Bertz CT molecular complexity index is 503. The van der Waals surface area contributed by atoms with Gasteiger partial charge in [0.1, 0.15) is 0 Å². The summed E-state index contributed by atoms with van der Waals surface area (Å²) >= 11 is 1.70. The van der Waals surface area contributed by atoms with E-state index in [0.717, 1.165) is 56.6 Å². The van der Waals surface area contributed by atoms with Gasteiger partial charge in [-0.15, -0.1) is 36.2 Å². The second kappa shape index (κ2) is 10.5. The molecule has 0 spiro atoms. The Morgan fingerprint density at radius 3 is 2.71 bits per heavy atom. The molecule has 1 N–H and O–H groups in total. The third-order valence-electron chi connectivity index (χ3n) is 4.20. The Labute approximate surface area is 159 Å². The van der Waals surface area contributed by atoms with Crippen molar-refractivity contribution < 1.29 is 9.53 Å². The van der Waals surface area contributed by atoms with Gasteiger partial charge in [-0.25, -0.2) is 4.98 Å². The predicted molar refractivity (Wildman–Crippen MR) is 100 cm³/mol. The van der Waals surface area contributed by atoms with Gasteiger partial charge in [0.25, 0.3) is 0 Å². The molecule has 1 amide bonds. The van der Waals surface area contributed by atoms with E-state index in [9.17, 15) is 4.79 Å². The molecule has 0 aliphatic carbocycles. The zero-order valence-electron chi connectivity index (χ0n) is 13.9. The summed E-state index contributed by atoms with van der Waals surface area (Å²) in [5, 5.41) is 6.59. The van der Waals surface area contributed by atoms with Crippen molar-refractivity contribution in [2.45, 2.75) is 25.9 Å². The van der Waals surface area contributed by atoms with Crippen molar-refractivity contribution >= 4 is 42.1 Å². The lowest BCUT2D eigenvalue weighted by Crippen LogP contribution is -2.51. The Kier molecular flexibility index (Phi) is 9.48. The first kappa shape index (κ1) is 21.6. The standard InChI is InChI=1S/C15H24N4O2S.2ClH/c1-12-17-14(11-22-12)9-18-3-5-19(6-4-18)15(20)8-13-10-21-7-2-16-13;;/h11,13,16H,2-10H2,1H3;2*1H. The number of amides is 1. The summed E-state index contributed by atoms with van der Waals surface area (Å²) in [6.45, 7) is 8.66. The first-order valence-corrected chi connectivity index (χ1v) is 8.81. The minimum absolute atomic E-state index is 0. The van der Waals surface area contributed by atoms with E-state index >= 15 is 0 Å². The molecule has 1 aromatic heterocycles. The van der Waals surface area contributed by atoms with E-state index < -0.39 is 0 Å². The number of hydrogen-bond acceptors (Lipinski definition) is 6. The molecule has 24 heavy (non-hydrogen) atoms. The molecule has 0 saturated carbocycles. The number of hydrogen-bond donors (Lipinski definition) is 1.